The van der Waals surface area contributed by atoms with Crippen molar-refractivity contribution in [2.24, 2.45) is 20.0 Å². The van der Waals surface area contributed by atoms with Crippen LogP contribution in [0.2, 0.25) is 0 Å². The highest BCUT2D eigenvalue weighted by Gasteiger charge is 2.38. The summed E-state index contributed by atoms with van der Waals surface area (Å²) in [6, 6.07) is -0.826. The van der Waals surface area contributed by atoms with E-state index >= 15 is 0 Å². The molecule has 3 atom stereocenters. The topological polar surface area (TPSA) is 192 Å². The zero-order chi connectivity index (χ0) is 26.9. The summed E-state index contributed by atoms with van der Waals surface area (Å²) in [6.07, 6.45) is 6.54. The van der Waals surface area contributed by atoms with Crippen molar-refractivity contribution >= 4 is 30.3 Å². The van der Waals surface area contributed by atoms with Crippen molar-refractivity contribution in [3.05, 3.63) is 0 Å². The molecule has 3 unspecified atom stereocenters. The highest BCUT2D eigenvalue weighted by Crippen LogP contribution is 2.19. The number of rotatable bonds is 23. The zero-order valence-electron chi connectivity index (χ0n) is 20.3. The summed E-state index contributed by atoms with van der Waals surface area (Å²) in [5.41, 5.74) is -1.84. The average Bonchev–Trinajstić information content (AvgIpc) is 2.87. The van der Waals surface area contributed by atoms with Gasteiger partial charge in [0.05, 0.1) is 59.3 Å². The third-order valence-corrected chi connectivity index (χ3v) is 4.69. The molecule has 0 heterocycles. The second kappa shape index (κ2) is 22.3. The summed E-state index contributed by atoms with van der Waals surface area (Å²) >= 11 is 0. The van der Waals surface area contributed by atoms with E-state index in [4.69, 9.17) is 24.1 Å². The molecule has 0 aliphatic carbocycles. The number of nitrogens with zero attached hydrogens (tertiary/aromatic N) is 4. The molecular formula is C22H32N4O10. The van der Waals surface area contributed by atoms with Crippen LogP contribution in [0.3, 0.4) is 0 Å². The molecule has 0 amide bonds. The van der Waals surface area contributed by atoms with E-state index in [1.54, 1.807) is 0 Å². The van der Waals surface area contributed by atoms with Crippen LogP contribution < -0.4 is 0 Å². The standard InChI is InChI=1S/C22H32N4O10/c1-22(26-18-31,14-24-16-29)21(32)36-20(13-35-12-11-34-10-9-33-8-7-27)19(25-17-30)5-3-2-4-6-23-15-28/h19-20,27H,2-14H2,1H3. The van der Waals surface area contributed by atoms with Crippen LogP contribution in [0.5, 0.6) is 0 Å². The Hall–Kier alpha value is -3.17. The number of aliphatic hydroxyl groups is 1. The minimum atomic E-state index is -1.84. The Morgan fingerprint density at radius 3 is 2.14 bits per heavy atom. The van der Waals surface area contributed by atoms with E-state index in [1.165, 1.54) is 31.2 Å². The fourth-order valence-electron chi connectivity index (χ4n) is 2.79. The number of hydrogen-bond donors (Lipinski definition) is 1. The van der Waals surface area contributed by atoms with Gasteiger partial charge in [0.15, 0.2) is 5.54 Å². The van der Waals surface area contributed by atoms with Crippen molar-refractivity contribution < 1.29 is 48.0 Å². The van der Waals surface area contributed by atoms with Gasteiger partial charge in [-0.25, -0.2) is 34.0 Å². The number of isocyanates is 4. The summed E-state index contributed by atoms with van der Waals surface area (Å²) in [7, 11) is 0. The monoisotopic (exact) mass is 512 g/mol. The molecule has 0 aliphatic rings. The van der Waals surface area contributed by atoms with Crippen molar-refractivity contribution in [2.45, 2.75) is 50.3 Å². The Labute approximate surface area is 208 Å². The van der Waals surface area contributed by atoms with Gasteiger partial charge < -0.3 is 24.1 Å². The van der Waals surface area contributed by atoms with Crippen molar-refractivity contribution in [1.29, 1.82) is 0 Å². The maximum absolute atomic E-state index is 12.8. The number of aliphatic imine (C=N–C) groups is 4. The quantitative estimate of drug-likeness (QED) is 0.0841. The summed E-state index contributed by atoms with van der Waals surface area (Å²) in [5.74, 6) is -0.998. The Morgan fingerprint density at radius 2 is 1.53 bits per heavy atom. The zero-order valence-corrected chi connectivity index (χ0v) is 20.3. The second-order valence-corrected chi connectivity index (χ2v) is 7.46. The molecule has 14 heteroatoms. The largest absolute Gasteiger partial charge is 0.456 e. The van der Waals surface area contributed by atoms with Gasteiger partial charge in [0.1, 0.15) is 12.1 Å². The molecule has 0 saturated heterocycles. The molecule has 0 spiro atoms. The Bertz CT molecular complexity index is 816. The van der Waals surface area contributed by atoms with Crippen LogP contribution in [-0.2, 0) is 42.9 Å². The van der Waals surface area contributed by atoms with Gasteiger partial charge in [-0.1, -0.05) is 12.8 Å². The third-order valence-electron chi connectivity index (χ3n) is 4.69. The summed E-state index contributed by atoms with van der Waals surface area (Å²) in [6.45, 7) is 1.91. The van der Waals surface area contributed by atoms with E-state index in [0.29, 0.717) is 38.8 Å². The van der Waals surface area contributed by atoms with Gasteiger partial charge in [0.25, 0.3) is 0 Å². The number of carbonyl (C=O) groups excluding carboxylic acids is 5. The molecule has 0 aromatic heterocycles. The van der Waals surface area contributed by atoms with Crippen LogP contribution in [0.1, 0.15) is 32.6 Å². The molecule has 0 aromatic carbocycles. The minimum Gasteiger partial charge on any atom is -0.456 e. The highest BCUT2D eigenvalue weighted by molar-refractivity contribution is 5.82. The third kappa shape index (κ3) is 15.7. The first-order chi connectivity index (χ1) is 17.5. The average molecular weight is 513 g/mol. The van der Waals surface area contributed by atoms with E-state index < -0.39 is 30.2 Å². The Morgan fingerprint density at radius 1 is 0.861 bits per heavy atom. The van der Waals surface area contributed by atoms with Crippen molar-refractivity contribution in [2.75, 3.05) is 59.3 Å². The summed E-state index contributed by atoms with van der Waals surface area (Å²) < 4.78 is 21.4. The molecule has 0 aliphatic heterocycles. The maximum Gasteiger partial charge on any atom is 0.337 e. The van der Waals surface area contributed by atoms with Crippen LogP contribution in [0.4, 0.5) is 0 Å². The molecular weight excluding hydrogens is 480 g/mol. The number of esters is 1. The van der Waals surface area contributed by atoms with Crippen LogP contribution in [-0.4, -0.2) is 112 Å². The predicted octanol–water partition coefficient (Wildman–Crippen LogP) is -0.0288. The van der Waals surface area contributed by atoms with Crippen molar-refractivity contribution in [3.8, 4) is 0 Å². The van der Waals surface area contributed by atoms with Gasteiger partial charge in [-0.2, -0.15) is 9.98 Å². The molecule has 200 valence electrons. The first-order valence-electron chi connectivity index (χ1n) is 11.3. The second-order valence-electron chi connectivity index (χ2n) is 7.46. The molecule has 0 aromatic rings. The van der Waals surface area contributed by atoms with Crippen molar-refractivity contribution in [3.63, 3.8) is 0 Å². The molecule has 36 heavy (non-hydrogen) atoms. The van der Waals surface area contributed by atoms with E-state index in [1.807, 2.05) is 0 Å². The molecule has 0 rings (SSSR count). The molecule has 14 nitrogen and oxygen atoms in total. The molecule has 0 bridgehead atoms. The van der Waals surface area contributed by atoms with E-state index in [2.05, 4.69) is 20.0 Å². The Kier molecular flexibility index (Phi) is 20.3. The SMILES string of the molecule is CC(CN=C=O)(N=C=O)C(=O)OC(COCCOCCOCCO)C(CCCCCN=C=O)N=C=O. The molecule has 0 saturated carbocycles. The normalized spacial score (nSPS) is 13.5. The smallest absolute Gasteiger partial charge is 0.337 e. The molecule has 1 N–H and O–H groups in total. The fraction of sp³-hybridized carbons (Fsp3) is 0.773. The first kappa shape index (κ1) is 32.8. The van der Waals surface area contributed by atoms with Gasteiger partial charge in [-0.05, 0) is 19.8 Å². The number of hydrogen-bond acceptors (Lipinski definition) is 14. The lowest BCUT2D eigenvalue weighted by Gasteiger charge is -2.27. The Balaban J connectivity index is 5.20. The van der Waals surface area contributed by atoms with Crippen LogP contribution in [0, 0.1) is 0 Å². The number of ether oxygens (including phenoxy) is 4. The van der Waals surface area contributed by atoms with Gasteiger partial charge in [0, 0.05) is 0 Å². The van der Waals surface area contributed by atoms with Crippen LogP contribution in [0.25, 0.3) is 0 Å². The lowest BCUT2D eigenvalue weighted by molar-refractivity contribution is -0.159. The van der Waals surface area contributed by atoms with Crippen LogP contribution in [0.15, 0.2) is 20.0 Å². The van der Waals surface area contributed by atoms with Gasteiger partial charge in [-0.15, -0.1) is 0 Å². The predicted molar refractivity (Wildman–Crippen MR) is 122 cm³/mol. The van der Waals surface area contributed by atoms with Gasteiger partial charge >= 0.3 is 5.97 Å². The van der Waals surface area contributed by atoms with Crippen molar-refractivity contribution in [1.82, 2.24) is 0 Å². The van der Waals surface area contributed by atoms with Crippen LogP contribution >= 0.6 is 0 Å². The summed E-state index contributed by atoms with van der Waals surface area (Å²) in [5, 5.41) is 8.64. The summed E-state index contributed by atoms with van der Waals surface area (Å²) in [4.78, 5) is 69.2. The lowest BCUT2D eigenvalue weighted by atomic mass is 10.0. The molecule has 0 fully saturated rings. The van der Waals surface area contributed by atoms with E-state index in [9.17, 15) is 24.0 Å². The number of unbranched alkanes of at least 4 members (excludes halogenated alkanes) is 2. The van der Waals surface area contributed by atoms with Gasteiger partial charge in [-0.3, -0.25) is 0 Å². The first-order valence-corrected chi connectivity index (χ1v) is 11.3. The highest BCUT2D eigenvalue weighted by atomic mass is 16.6. The minimum absolute atomic E-state index is 0.0843. The van der Waals surface area contributed by atoms with E-state index in [0.717, 1.165) is 0 Å². The lowest BCUT2D eigenvalue weighted by Crippen LogP contribution is -2.44. The fourth-order valence-corrected chi connectivity index (χ4v) is 2.79. The number of aliphatic hydroxyl groups excluding tert-OH is 1. The van der Waals surface area contributed by atoms with E-state index in [-0.39, 0.29) is 39.6 Å². The maximum atomic E-state index is 12.8. The van der Waals surface area contributed by atoms with Gasteiger partial charge in [0.2, 0.25) is 24.3 Å². The molecule has 0 radical (unpaired) electrons. The number of carbonyl (C=O) groups is 1.